The zero-order valence-electron chi connectivity index (χ0n) is 16.3. The van der Waals surface area contributed by atoms with Crippen molar-refractivity contribution >= 4 is 28.1 Å². The third kappa shape index (κ3) is 3.62. The summed E-state index contributed by atoms with van der Waals surface area (Å²) in [6, 6.07) is 17.5. The summed E-state index contributed by atoms with van der Waals surface area (Å²) < 4.78 is 5.41. The number of para-hydroxylation sites is 1. The van der Waals surface area contributed by atoms with E-state index in [4.69, 9.17) is 9.72 Å². The van der Waals surface area contributed by atoms with E-state index in [-0.39, 0.29) is 5.56 Å². The number of hydrogen-bond donors (Lipinski definition) is 2. The average Bonchev–Trinajstić information content (AvgIpc) is 2.80. The van der Waals surface area contributed by atoms with Crippen LogP contribution >= 0.6 is 0 Å². The highest BCUT2D eigenvalue weighted by atomic mass is 16.5. The van der Waals surface area contributed by atoms with Crippen LogP contribution in [-0.4, -0.2) is 41.3 Å². The van der Waals surface area contributed by atoms with E-state index >= 15 is 0 Å². The monoisotopic (exact) mass is 399 g/mol. The SMILES string of the molecule is O=c1[nH]ccc2cc(-c3ccc(N4CCOCC4)nc3)nc(Nc3ccccc3)c12. The second-order valence-electron chi connectivity index (χ2n) is 7.12. The standard InChI is InChI=1S/C23H21N5O2/c29-23-21-16(8-9-24-23)14-19(27-22(21)26-18-4-2-1-3-5-18)17-6-7-20(25-15-17)28-10-12-30-13-11-28/h1-9,14-15H,10-13H2,(H,24,29)(H,26,27). The van der Waals surface area contributed by atoms with Gasteiger partial charge in [-0.05, 0) is 41.8 Å². The van der Waals surface area contributed by atoms with Crippen LogP contribution in [0.25, 0.3) is 22.0 Å². The lowest BCUT2D eigenvalue weighted by molar-refractivity contribution is 0.122. The molecule has 0 saturated carbocycles. The number of rotatable bonds is 4. The predicted octanol–water partition coefficient (Wildman–Crippen LogP) is 3.57. The van der Waals surface area contributed by atoms with E-state index in [1.54, 1.807) is 6.20 Å². The molecule has 1 saturated heterocycles. The molecule has 5 rings (SSSR count). The molecule has 2 N–H and O–H groups in total. The van der Waals surface area contributed by atoms with E-state index in [0.717, 1.165) is 54.5 Å². The topological polar surface area (TPSA) is 83.1 Å². The Hall–Kier alpha value is -3.71. The summed E-state index contributed by atoms with van der Waals surface area (Å²) in [7, 11) is 0. The van der Waals surface area contributed by atoms with Gasteiger partial charge in [-0.15, -0.1) is 0 Å². The molecule has 0 aliphatic carbocycles. The summed E-state index contributed by atoms with van der Waals surface area (Å²) >= 11 is 0. The van der Waals surface area contributed by atoms with Crippen LogP contribution in [-0.2, 0) is 4.74 Å². The maximum absolute atomic E-state index is 12.5. The summed E-state index contributed by atoms with van der Waals surface area (Å²) in [5.74, 6) is 1.45. The van der Waals surface area contributed by atoms with Crippen LogP contribution in [0.4, 0.5) is 17.3 Å². The van der Waals surface area contributed by atoms with Gasteiger partial charge in [0.25, 0.3) is 5.56 Å². The number of nitrogens with one attached hydrogen (secondary N) is 2. The fourth-order valence-corrected chi connectivity index (χ4v) is 3.63. The van der Waals surface area contributed by atoms with Crippen LogP contribution in [0.2, 0.25) is 0 Å². The smallest absolute Gasteiger partial charge is 0.259 e. The molecular formula is C23H21N5O2. The highest BCUT2D eigenvalue weighted by Gasteiger charge is 2.14. The van der Waals surface area contributed by atoms with Crippen molar-refractivity contribution in [1.82, 2.24) is 15.0 Å². The summed E-state index contributed by atoms with van der Waals surface area (Å²) in [6.07, 6.45) is 3.49. The molecule has 0 radical (unpaired) electrons. The number of pyridine rings is 3. The molecule has 30 heavy (non-hydrogen) atoms. The molecule has 0 bridgehead atoms. The summed E-state index contributed by atoms with van der Waals surface area (Å²) in [4.78, 5) is 26.8. The lowest BCUT2D eigenvalue weighted by Crippen LogP contribution is -2.36. The Morgan fingerprint density at radius 2 is 1.87 bits per heavy atom. The molecule has 150 valence electrons. The van der Waals surface area contributed by atoms with E-state index < -0.39 is 0 Å². The lowest BCUT2D eigenvalue weighted by Gasteiger charge is -2.27. The van der Waals surface area contributed by atoms with Crippen molar-refractivity contribution in [1.29, 1.82) is 0 Å². The van der Waals surface area contributed by atoms with E-state index in [1.165, 1.54) is 0 Å². The van der Waals surface area contributed by atoms with E-state index in [2.05, 4.69) is 20.2 Å². The van der Waals surface area contributed by atoms with Crippen molar-refractivity contribution in [2.75, 3.05) is 36.5 Å². The molecule has 0 unspecified atom stereocenters. The molecule has 3 aromatic heterocycles. The van der Waals surface area contributed by atoms with Crippen molar-refractivity contribution in [3.8, 4) is 11.3 Å². The fourth-order valence-electron chi connectivity index (χ4n) is 3.63. The van der Waals surface area contributed by atoms with E-state index in [1.807, 2.05) is 60.8 Å². The fraction of sp³-hybridized carbons (Fsp3) is 0.174. The van der Waals surface area contributed by atoms with Crippen LogP contribution in [0, 0.1) is 0 Å². The van der Waals surface area contributed by atoms with Gasteiger partial charge in [0.15, 0.2) is 0 Å². The first-order valence-electron chi connectivity index (χ1n) is 9.91. The molecule has 7 nitrogen and oxygen atoms in total. The van der Waals surface area contributed by atoms with Crippen molar-refractivity contribution in [2.45, 2.75) is 0 Å². The Morgan fingerprint density at radius 3 is 2.63 bits per heavy atom. The van der Waals surface area contributed by atoms with Gasteiger partial charge in [0.05, 0.1) is 24.3 Å². The summed E-state index contributed by atoms with van der Waals surface area (Å²) in [6.45, 7) is 3.13. The van der Waals surface area contributed by atoms with E-state index in [0.29, 0.717) is 11.2 Å². The van der Waals surface area contributed by atoms with Crippen LogP contribution in [0.5, 0.6) is 0 Å². The highest BCUT2D eigenvalue weighted by Crippen LogP contribution is 2.28. The summed E-state index contributed by atoms with van der Waals surface area (Å²) in [5.41, 5.74) is 2.34. The van der Waals surface area contributed by atoms with E-state index in [9.17, 15) is 4.79 Å². The van der Waals surface area contributed by atoms with Crippen LogP contribution in [0.1, 0.15) is 0 Å². The first-order chi connectivity index (χ1) is 14.8. The maximum Gasteiger partial charge on any atom is 0.259 e. The normalized spacial score (nSPS) is 14.1. The Balaban J connectivity index is 1.55. The Labute approximate surface area is 173 Å². The zero-order valence-corrected chi connectivity index (χ0v) is 16.3. The Morgan fingerprint density at radius 1 is 1.03 bits per heavy atom. The average molecular weight is 399 g/mol. The molecule has 0 spiro atoms. The molecule has 4 aromatic rings. The Bertz CT molecular complexity index is 1220. The number of anilines is 3. The van der Waals surface area contributed by atoms with Gasteiger partial charge in [-0.2, -0.15) is 0 Å². The molecule has 1 aliphatic heterocycles. The van der Waals surface area contributed by atoms with Crippen molar-refractivity contribution < 1.29 is 4.74 Å². The number of aromatic nitrogens is 3. The predicted molar refractivity (Wildman–Crippen MR) is 118 cm³/mol. The second-order valence-corrected chi connectivity index (χ2v) is 7.12. The molecule has 0 amide bonds. The number of morpholine rings is 1. The zero-order chi connectivity index (χ0) is 20.3. The van der Waals surface area contributed by atoms with Gasteiger partial charge in [0, 0.05) is 36.7 Å². The van der Waals surface area contributed by atoms with Gasteiger partial charge < -0.3 is 19.9 Å². The van der Waals surface area contributed by atoms with Crippen LogP contribution in [0.3, 0.4) is 0 Å². The van der Waals surface area contributed by atoms with Gasteiger partial charge in [-0.25, -0.2) is 9.97 Å². The molecule has 1 aliphatic rings. The van der Waals surface area contributed by atoms with Gasteiger partial charge in [-0.3, -0.25) is 4.79 Å². The number of hydrogen-bond acceptors (Lipinski definition) is 6. The number of benzene rings is 1. The van der Waals surface area contributed by atoms with Crippen LogP contribution < -0.4 is 15.8 Å². The van der Waals surface area contributed by atoms with Crippen molar-refractivity contribution in [2.24, 2.45) is 0 Å². The number of ether oxygens (including phenoxy) is 1. The molecule has 7 heteroatoms. The van der Waals surface area contributed by atoms with Gasteiger partial charge in [-0.1, -0.05) is 18.2 Å². The quantitative estimate of drug-likeness (QED) is 0.546. The maximum atomic E-state index is 12.5. The number of H-pyrrole nitrogens is 1. The number of aromatic amines is 1. The molecular weight excluding hydrogens is 378 g/mol. The molecule has 1 aromatic carbocycles. The molecule has 4 heterocycles. The minimum Gasteiger partial charge on any atom is -0.378 e. The Kier molecular flexibility index (Phi) is 4.86. The third-order valence-corrected chi connectivity index (χ3v) is 5.17. The first-order valence-corrected chi connectivity index (χ1v) is 9.91. The van der Waals surface area contributed by atoms with Gasteiger partial charge in [0.1, 0.15) is 11.6 Å². The minimum absolute atomic E-state index is 0.175. The van der Waals surface area contributed by atoms with Gasteiger partial charge in [0.2, 0.25) is 0 Å². The lowest BCUT2D eigenvalue weighted by atomic mass is 10.1. The van der Waals surface area contributed by atoms with Gasteiger partial charge >= 0.3 is 0 Å². The third-order valence-electron chi connectivity index (χ3n) is 5.17. The van der Waals surface area contributed by atoms with Crippen LogP contribution in [0.15, 0.2) is 71.8 Å². The van der Waals surface area contributed by atoms with Crippen molar-refractivity contribution in [3.05, 3.63) is 77.3 Å². The minimum atomic E-state index is -0.175. The number of fused-ring (bicyclic) bond motifs is 1. The molecule has 1 fully saturated rings. The summed E-state index contributed by atoms with van der Waals surface area (Å²) in [5, 5.41) is 4.64. The number of nitrogens with zero attached hydrogens (tertiary/aromatic N) is 3. The molecule has 0 atom stereocenters. The first kappa shape index (κ1) is 18.3. The largest absolute Gasteiger partial charge is 0.378 e. The highest BCUT2D eigenvalue weighted by molar-refractivity contribution is 5.95. The second kappa shape index (κ2) is 7.96. The van der Waals surface area contributed by atoms with Crippen molar-refractivity contribution in [3.63, 3.8) is 0 Å².